The summed E-state index contributed by atoms with van der Waals surface area (Å²) in [4.78, 5) is 24.9. The smallest absolute Gasteiger partial charge is 0.335 e. The molecule has 0 spiro atoms. The summed E-state index contributed by atoms with van der Waals surface area (Å²) in [7, 11) is 0. The first-order valence-corrected chi connectivity index (χ1v) is 7.31. The first-order valence-electron chi connectivity index (χ1n) is 7.31. The maximum atomic E-state index is 13.2. The number of piperidine rings is 1. The third-order valence-corrected chi connectivity index (χ3v) is 4.15. The first kappa shape index (κ1) is 16.4. The Morgan fingerprint density at radius 1 is 1.36 bits per heavy atom. The fraction of sp³-hybridized carbons (Fsp3) is 0.500. The number of aliphatic hydroxyl groups is 1. The van der Waals surface area contributed by atoms with Gasteiger partial charge in [-0.1, -0.05) is 19.1 Å². The molecule has 120 valence electrons. The van der Waals surface area contributed by atoms with Crippen molar-refractivity contribution in [3.8, 4) is 0 Å². The average Bonchev–Trinajstić information content (AvgIpc) is 2.47. The lowest BCUT2D eigenvalue weighted by molar-refractivity contribution is -0.165. The average molecular weight is 309 g/mol. The fourth-order valence-corrected chi connectivity index (χ4v) is 2.73. The molecule has 1 aliphatic heterocycles. The van der Waals surface area contributed by atoms with E-state index < -0.39 is 11.6 Å². The Balaban J connectivity index is 1.93. The van der Waals surface area contributed by atoms with Crippen LogP contribution in [0.5, 0.6) is 0 Å². The van der Waals surface area contributed by atoms with Crippen LogP contribution in [0.25, 0.3) is 0 Å². The molecule has 1 aromatic carbocycles. The summed E-state index contributed by atoms with van der Waals surface area (Å²) >= 11 is 0. The monoisotopic (exact) mass is 309 g/mol. The normalized spacial score (nSPS) is 18.8. The molecule has 1 aromatic rings. The van der Waals surface area contributed by atoms with Gasteiger partial charge >= 0.3 is 5.97 Å². The third kappa shape index (κ3) is 3.62. The van der Waals surface area contributed by atoms with Crippen molar-refractivity contribution in [1.29, 1.82) is 0 Å². The second kappa shape index (κ2) is 6.44. The Morgan fingerprint density at radius 2 is 2.00 bits per heavy atom. The number of rotatable bonds is 4. The summed E-state index contributed by atoms with van der Waals surface area (Å²) in [5.41, 5.74) is -0.984. The molecule has 1 unspecified atom stereocenters. The number of carbonyl (C=O) groups excluding carboxylic acids is 1. The highest BCUT2D eigenvalue weighted by atomic mass is 19.1. The van der Waals surface area contributed by atoms with Crippen LogP contribution in [-0.4, -0.2) is 45.7 Å². The van der Waals surface area contributed by atoms with Crippen LogP contribution in [0.3, 0.4) is 0 Å². The number of halogens is 1. The summed E-state index contributed by atoms with van der Waals surface area (Å²) in [5.74, 6) is -2.00. The number of carboxylic acids is 1. The minimum atomic E-state index is -1.73. The van der Waals surface area contributed by atoms with Crippen molar-refractivity contribution in [2.75, 3.05) is 13.1 Å². The number of aliphatic carboxylic acids is 1. The number of carboxylic acid groups (broad SMARTS) is 1. The number of amides is 1. The summed E-state index contributed by atoms with van der Waals surface area (Å²) in [5, 5.41) is 18.8. The van der Waals surface area contributed by atoms with Crippen molar-refractivity contribution in [2.45, 2.75) is 31.8 Å². The molecular formula is C16H20FNO4. The van der Waals surface area contributed by atoms with E-state index in [4.69, 9.17) is 5.11 Å². The predicted molar refractivity (Wildman–Crippen MR) is 77.7 cm³/mol. The molecule has 0 bridgehead atoms. The second-order valence-corrected chi connectivity index (χ2v) is 5.90. The topological polar surface area (TPSA) is 77.8 Å². The first-order chi connectivity index (χ1) is 10.3. The minimum absolute atomic E-state index is 0.0285. The Hall–Kier alpha value is -1.95. The lowest BCUT2D eigenvalue weighted by Gasteiger charge is -2.36. The molecule has 1 amide bonds. The van der Waals surface area contributed by atoms with E-state index in [1.165, 1.54) is 12.1 Å². The van der Waals surface area contributed by atoms with E-state index in [0.717, 1.165) is 5.56 Å². The Bertz CT molecular complexity index is 567. The zero-order valence-corrected chi connectivity index (χ0v) is 12.5. The largest absolute Gasteiger partial charge is 0.479 e. The van der Waals surface area contributed by atoms with Gasteiger partial charge in [-0.25, -0.2) is 9.18 Å². The SMILES string of the molecule is CC(Cc1cccc(F)c1)C(=O)N1CCC(O)(C(=O)O)CC1. The van der Waals surface area contributed by atoms with E-state index in [0.29, 0.717) is 6.42 Å². The zero-order chi connectivity index (χ0) is 16.3. The zero-order valence-electron chi connectivity index (χ0n) is 12.5. The van der Waals surface area contributed by atoms with Gasteiger partial charge in [0.25, 0.3) is 0 Å². The van der Waals surface area contributed by atoms with E-state index in [2.05, 4.69) is 0 Å². The van der Waals surface area contributed by atoms with Crippen LogP contribution in [-0.2, 0) is 16.0 Å². The van der Waals surface area contributed by atoms with E-state index in [1.807, 2.05) is 0 Å². The Labute approximate surface area is 128 Å². The highest BCUT2D eigenvalue weighted by molar-refractivity contribution is 5.80. The molecule has 1 atom stereocenters. The van der Waals surface area contributed by atoms with Gasteiger partial charge in [0.2, 0.25) is 5.91 Å². The van der Waals surface area contributed by atoms with Crippen LogP contribution in [0, 0.1) is 11.7 Å². The lowest BCUT2D eigenvalue weighted by atomic mass is 9.90. The summed E-state index contributed by atoms with van der Waals surface area (Å²) in [6.07, 6.45) is 0.484. The molecule has 2 rings (SSSR count). The van der Waals surface area contributed by atoms with E-state index >= 15 is 0 Å². The maximum Gasteiger partial charge on any atom is 0.335 e. The molecule has 0 aliphatic carbocycles. The fourth-order valence-electron chi connectivity index (χ4n) is 2.73. The number of benzene rings is 1. The van der Waals surface area contributed by atoms with Crippen molar-refractivity contribution < 1.29 is 24.2 Å². The number of hydrogen-bond donors (Lipinski definition) is 2. The van der Waals surface area contributed by atoms with E-state index in [-0.39, 0.29) is 43.6 Å². The van der Waals surface area contributed by atoms with Crippen LogP contribution >= 0.6 is 0 Å². The van der Waals surface area contributed by atoms with Crippen LogP contribution in [0.1, 0.15) is 25.3 Å². The van der Waals surface area contributed by atoms with Gasteiger partial charge in [0.05, 0.1) is 0 Å². The van der Waals surface area contributed by atoms with Crippen LogP contribution < -0.4 is 0 Å². The van der Waals surface area contributed by atoms with E-state index in [1.54, 1.807) is 24.0 Å². The molecule has 1 aliphatic rings. The highest BCUT2D eigenvalue weighted by Gasteiger charge is 2.40. The molecule has 6 heteroatoms. The quantitative estimate of drug-likeness (QED) is 0.882. The summed E-state index contributed by atoms with van der Waals surface area (Å²) in [6.45, 7) is 2.20. The maximum absolute atomic E-state index is 13.2. The number of hydrogen-bond acceptors (Lipinski definition) is 3. The number of nitrogens with zero attached hydrogens (tertiary/aromatic N) is 1. The van der Waals surface area contributed by atoms with Gasteiger partial charge < -0.3 is 15.1 Å². The summed E-state index contributed by atoms with van der Waals surface area (Å²) < 4.78 is 13.2. The van der Waals surface area contributed by atoms with Gasteiger partial charge in [0, 0.05) is 31.8 Å². The van der Waals surface area contributed by atoms with Crippen molar-refractivity contribution in [1.82, 2.24) is 4.90 Å². The molecule has 0 radical (unpaired) electrons. The molecular weight excluding hydrogens is 289 g/mol. The molecule has 0 aromatic heterocycles. The van der Waals surface area contributed by atoms with Crippen LogP contribution in [0.15, 0.2) is 24.3 Å². The summed E-state index contributed by atoms with van der Waals surface area (Å²) in [6, 6.07) is 6.14. The standard InChI is InChI=1S/C16H20FNO4/c1-11(9-12-3-2-4-13(17)10-12)14(19)18-7-5-16(22,6-8-18)15(20)21/h2-4,10-11,22H,5-9H2,1H3,(H,20,21). The molecule has 22 heavy (non-hydrogen) atoms. The van der Waals surface area contributed by atoms with Gasteiger partial charge in [-0.2, -0.15) is 0 Å². The van der Waals surface area contributed by atoms with Crippen molar-refractivity contribution in [3.63, 3.8) is 0 Å². The van der Waals surface area contributed by atoms with Crippen molar-refractivity contribution >= 4 is 11.9 Å². The highest BCUT2D eigenvalue weighted by Crippen LogP contribution is 2.24. The predicted octanol–water partition coefficient (Wildman–Crippen LogP) is 1.44. The molecule has 0 saturated carbocycles. The van der Waals surface area contributed by atoms with E-state index in [9.17, 15) is 19.1 Å². The second-order valence-electron chi connectivity index (χ2n) is 5.90. The molecule has 1 saturated heterocycles. The molecule has 2 N–H and O–H groups in total. The van der Waals surface area contributed by atoms with Crippen LogP contribution in [0.2, 0.25) is 0 Å². The minimum Gasteiger partial charge on any atom is -0.479 e. The Morgan fingerprint density at radius 3 is 2.55 bits per heavy atom. The molecule has 5 nitrogen and oxygen atoms in total. The molecule has 1 heterocycles. The number of likely N-dealkylation sites (tertiary alicyclic amines) is 1. The lowest BCUT2D eigenvalue weighted by Crippen LogP contribution is -2.51. The van der Waals surface area contributed by atoms with Gasteiger partial charge in [-0.3, -0.25) is 4.79 Å². The van der Waals surface area contributed by atoms with Crippen molar-refractivity contribution in [2.24, 2.45) is 5.92 Å². The van der Waals surface area contributed by atoms with Gasteiger partial charge in [0.15, 0.2) is 5.60 Å². The van der Waals surface area contributed by atoms with Gasteiger partial charge in [-0.05, 0) is 24.1 Å². The van der Waals surface area contributed by atoms with Gasteiger partial charge in [0.1, 0.15) is 5.82 Å². The number of carbonyl (C=O) groups is 2. The van der Waals surface area contributed by atoms with Crippen LogP contribution in [0.4, 0.5) is 4.39 Å². The Kier molecular flexibility index (Phi) is 4.81. The van der Waals surface area contributed by atoms with Crippen molar-refractivity contribution in [3.05, 3.63) is 35.6 Å². The molecule has 1 fully saturated rings. The van der Waals surface area contributed by atoms with Gasteiger partial charge in [-0.15, -0.1) is 0 Å². The third-order valence-electron chi connectivity index (χ3n) is 4.15.